The summed E-state index contributed by atoms with van der Waals surface area (Å²) in [6.07, 6.45) is 0.681. The standard InChI is InChI=1S/C12H13FN2O3/c13-8-2-1-7(6-14-12(17)18)10(5-8)11(16)15-9-3-4-9/h1-2,5,9,14H,3-4,6H2,(H,15,16)(H,17,18). The van der Waals surface area contributed by atoms with Crippen molar-refractivity contribution in [3.63, 3.8) is 0 Å². The van der Waals surface area contributed by atoms with Crippen LogP contribution in [-0.2, 0) is 6.54 Å². The summed E-state index contributed by atoms with van der Waals surface area (Å²) in [4.78, 5) is 22.3. The molecule has 0 radical (unpaired) electrons. The molecule has 18 heavy (non-hydrogen) atoms. The van der Waals surface area contributed by atoms with Gasteiger partial charge in [-0.05, 0) is 30.5 Å². The third-order valence-corrected chi connectivity index (χ3v) is 2.66. The van der Waals surface area contributed by atoms with Crippen LogP contribution in [0.5, 0.6) is 0 Å². The van der Waals surface area contributed by atoms with Crippen LogP contribution >= 0.6 is 0 Å². The molecule has 1 aromatic carbocycles. The largest absolute Gasteiger partial charge is 0.465 e. The smallest absolute Gasteiger partial charge is 0.404 e. The van der Waals surface area contributed by atoms with E-state index in [0.29, 0.717) is 5.56 Å². The summed E-state index contributed by atoms with van der Waals surface area (Å²) in [6, 6.07) is 3.90. The molecule has 5 nitrogen and oxygen atoms in total. The van der Waals surface area contributed by atoms with Crippen LogP contribution in [0.2, 0.25) is 0 Å². The lowest BCUT2D eigenvalue weighted by atomic mass is 10.1. The van der Waals surface area contributed by atoms with Gasteiger partial charge >= 0.3 is 6.09 Å². The molecule has 2 rings (SSSR count). The Bertz CT molecular complexity index is 486. The molecule has 6 heteroatoms. The third-order valence-electron chi connectivity index (χ3n) is 2.66. The highest BCUT2D eigenvalue weighted by atomic mass is 19.1. The first-order valence-corrected chi connectivity index (χ1v) is 5.62. The average Bonchev–Trinajstić information content (AvgIpc) is 3.11. The summed E-state index contributed by atoms with van der Waals surface area (Å²) in [6.45, 7) is -0.0248. The molecule has 2 amide bonds. The van der Waals surface area contributed by atoms with Crippen molar-refractivity contribution >= 4 is 12.0 Å². The van der Waals surface area contributed by atoms with Gasteiger partial charge < -0.3 is 15.7 Å². The van der Waals surface area contributed by atoms with E-state index in [0.717, 1.165) is 18.9 Å². The van der Waals surface area contributed by atoms with Gasteiger partial charge in [-0.25, -0.2) is 9.18 Å². The Morgan fingerprint density at radius 1 is 1.39 bits per heavy atom. The first-order chi connectivity index (χ1) is 8.56. The van der Waals surface area contributed by atoms with Crippen molar-refractivity contribution in [3.05, 3.63) is 35.1 Å². The van der Waals surface area contributed by atoms with Gasteiger partial charge in [-0.3, -0.25) is 4.79 Å². The zero-order valence-corrected chi connectivity index (χ0v) is 9.57. The monoisotopic (exact) mass is 252 g/mol. The molecule has 0 spiro atoms. The van der Waals surface area contributed by atoms with Crippen molar-refractivity contribution in [2.24, 2.45) is 0 Å². The van der Waals surface area contributed by atoms with Gasteiger partial charge in [0.15, 0.2) is 0 Å². The summed E-state index contributed by atoms with van der Waals surface area (Å²) in [7, 11) is 0. The fraction of sp³-hybridized carbons (Fsp3) is 0.333. The fourth-order valence-corrected chi connectivity index (χ4v) is 1.58. The molecular formula is C12H13FN2O3. The molecule has 0 saturated heterocycles. The maximum Gasteiger partial charge on any atom is 0.404 e. The average molecular weight is 252 g/mol. The maximum atomic E-state index is 13.1. The summed E-state index contributed by atoms with van der Waals surface area (Å²) < 4.78 is 13.1. The summed E-state index contributed by atoms with van der Waals surface area (Å²) in [5, 5.41) is 13.4. The number of carboxylic acid groups (broad SMARTS) is 1. The minimum Gasteiger partial charge on any atom is -0.465 e. The number of carbonyl (C=O) groups excluding carboxylic acids is 1. The van der Waals surface area contributed by atoms with Gasteiger partial charge in [-0.1, -0.05) is 6.07 Å². The first kappa shape index (κ1) is 12.3. The Hall–Kier alpha value is -2.11. The minimum absolute atomic E-state index is 0.0248. The molecule has 1 aliphatic carbocycles. The lowest BCUT2D eigenvalue weighted by molar-refractivity contribution is 0.0949. The molecule has 0 aliphatic heterocycles. The van der Waals surface area contributed by atoms with E-state index in [1.54, 1.807) is 0 Å². The number of nitrogens with one attached hydrogen (secondary N) is 2. The van der Waals surface area contributed by atoms with E-state index in [2.05, 4.69) is 10.6 Å². The Labute approximate surface area is 103 Å². The normalized spacial score (nSPS) is 14.1. The molecule has 1 aliphatic rings. The van der Waals surface area contributed by atoms with Crippen LogP contribution in [0.1, 0.15) is 28.8 Å². The molecule has 0 heterocycles. The van der Waals surface area contributed by atoms with Crippen LogP contribution in [0.4, 0.5) is 9.18 Å². The van der Waals surface area contributed by atoms with Crippen molar-refractivity contribution < 1.29 is 19.1 Å². The van der Waals surface area contributed by atoms with Gasteiger partial charge in [0, 0.05) is 18.2 Å². The predicted octanol–water partition coefficient (Wildman–Crippen LogP) is 1.49. The Morgan fingerprint density at radius 3 is 2.72 bits per heavy atom. The highest BCUT2D eigenvalue weighted by Crippen LogP contribution is 2.20. The predicted molar refractivity (Wildman–Crippen MR) is 61.8 cm³/mol. The summed E-state index contributed by atoms with van der Waals surface area (Å²) in [5.41, 5.74) is 0.632. The number of rotatable bonds is 4. The van der Waals surface area contributed by atoms with Crippen molar-refractivity contribution in [3.8, 4) is 0 Å². The van der Waals surface area contributed by atoms with Gasteiger partial charge in [-0.15, -0.1) is 0 Å². The zero-order valence-electron chi connectivity index (χ0n) is 9.57. The van der Waals surface area contributed by atoms with E-state index < -0.39 is 11.9 Å². The third kappa shape index (κ3) is 3.19. The van der Waals surface area contributed by atoms with Crippen molar-refractivity contribution in [2.45, 2.75) is 25.4 Å². The van der Waals surface area contributed by atoms with Crippen LogP contribution in [0.3, 0.4) is 0 Å². The molecule has 3 N–H and O–H groups in total. The second-order valence-electron chi connectivity index (χ2n) is 4.21. The van der Waals surface area contributed by atoms with E-state index in [-0.39, 0.29) is 24.1 Å². The van der Waals surface area contributed by atoms with Crippen LogP contribution in [-0.4, -0.2) is 23.1 Å². The van der Waals surface area contributed by atoms with Gasteiger partial charge in [-0.2, -0.15) is 0 Å². The van der Waals surface area contributed by atoms with Crippen molar-refractivity contribution in [2.75, 3.05) is 0 Å². The molecule has 1 aromatic rings. The number of hydrogen-bond donors (Lipinski definition) is 3. The van der Waals surface area contributed by atoms with Crippen LogP contribution < -0.4 is 10.6 Å². The van der Waals surface area contributed by atoms with Gasteiger partial charge in [0.2, 0.25) is 0 Å². The number of hydrogen-bond acceptors (Lipinski definition) is 2. The molecule has 0 aromatic heterocycles. The van der Waals surface area contributed by atoms with Gasteiger partial charge in [0.05, 0.1) is 0 Å². The Morgan fingerprint density at radius 2 is 2.11 bits per heavy atom. The van der Waals surface area contributed by atoms with Crippen LogP contribution in [0.25, 0.3) is 0 Å². The van der Waals surface area contributed by atoms with E-state index >= 15 is 0 Å². The number of amides is 2. The quantitative estimate of drug-likeness (QED) is 0.759. The van der Waals surface area contributed by atoms with Gasteiger partial charge in [0.25, 0.3) is 5.91 Å². The first-order valence-electron chi connectivity index (χ1n) is 5.62. The zero-order chi connectivity index (χ0) is 13.1. The molecule has 1 saturated carbocycles. The molecule has 0 atom stereocenters. The molecular weight excluding hydrogens is 239 g/mol. The van der Waals surface area contributed by atoms with E-state index in [9.17, 15) is 14.0 Å². The second-order valence-corrected chi connectivity index (χ2v) is 4.21. The Kier molecular flexibility index (Phi) is 3.45. The fourth-order valence-electron chi connectivity index (χ4n) is 1.58. The van der Waals surface area contributed by atoms with Crippen LogP contribution in [0.15, 0.2) is 18.2 Å². The molecule has 0 unspecified atom stereocenters. The van der Waals surface area contributed by atoms with E-state index in [1.807, 2.05) is 0 Å². The second kappa shape index (κ2) is 5.03. The number of benzene rings is 1. The van der Waals surface area contributed by atoms with Crippen molar-refractivity contribution in [1.29, 1.82) is 0 Å². The summed E-state index contributed by atoms with van der Waals surface area (Å²) in [5.74, 6) is -0.880. The highest BCUT2D eigenvalue weighted by molar-refractivity contribution is 5.96. The van der Waals surface area contributed by atoms with Crippen molar-refractivity contribution in [1.82, 2.24) is 10.6 Å². The lowest BCUT2D eigenvalue weighted by Gasteiger charge is -2.10. The number of carbonyl (C=O) groups is 2. The SMILES string of the molecule is O=C(O)NCc1ccc(F)cc1C(=O)NC1CC1. The maximum absolute atomic E-state index is 13.1. The minimum atomic E-state index is -1.19. The van der Waals surface area contributed by atoms with Crippen LogP contribution in [0, 0.1) is 5.82 Å². The number of halogens is 1. The van der Waals surface area contributed by atoms with E-state index in [1.165, 1.54) is 12.1 Å². The van der Waals surface area contributed by atoms with E-state index in [4.69, 9.17) is 5.11 Å². The van der Waals surface area contributed by atoms with Gasteiger partial charge in [0.1, 0.15) is 5.82 Å². The molecule has 1 fully saturated rings. The molecule has 0 bridgehead atoms. The summed E-state index contributed by atoms with van der Waals surface area (Å²) >= 11 is 0. The highest BCUT2D eigenvalue weighted by Gasteiger charge is 2.25. The lowest BCUT2D eigenvalue weighted by Crippen LogP contribution is -2.28. The topological polar surface area (TPSA) is 78.4 Å². The molecule has 96 valence electrons. The Balaban J connectivity index is 2.16.